The van der Waals surface area contributed by atoms with Gasteiger partial charge in [-0.1, -0.05) is 13.8 Å². The maximum atomic E-state index is 12.9. The number of aromatic nitrogens is 1. The molecule has 3 rings (SSSR count). The molecule has 0 aromatic carbocycles. The molecule has 0 spiro atoms. The number of thiophene rings is 1. The van der Waals surface area contributed by atoms with E-state index in [0.29, 0.717) is 18.2 Å². The zero-order valence-corrected chi connectivity index (χ0v) is 16.1. The van der Waals surface area contributed by atoms with Crippen molar-refractivity contribution in [3.8, 4) is 0 Å². The van der Waals surface area contributed by atoms with Crippen LogP contribution >= 0.6 is 11.3 Å². The number of carbonyl (C=O) groups excluding carboxylic acids is 2. The number of hydrogen-bond donors (Lipinski definition) is 1. The topological polar surface area (TPSA) is 54.3 Å². The Balaban J connectivity index is 1.64. The summed E-state index contributed by atoms with van der Waals surface area (Å²) in [4.78, 5) is 27.2. The second-order valence-electron chi connectivity index (χ2n) is 7.32. The summed E-state index contributed by atoms with van der Waals surface area (Å²) in [5.74, 6) is 0.610. The Labute approximate surface area is 153 Å². The van der Waals surface area contributed by atoms with Gasteiger partial charge in [-0.25, -0.2) is 0 Å². The fourth-order valence-electron chi connectivity index (χ4n) is 3.42. The number of piperidine rings is 1. The van der Waals surface area contributed by atoms with Crippen LogP contribution in [0.25, 0.3) is 10.2 Å². The van der Waals surface area contributed by atoms with Crippen LogP contribution in [0.1, 0.15) is 43.6 Å². The molecular formula is C19H27N3O2S. The number of carbonyl (C=O) groups is 2. The van der Waals surface area contributed by atoms with Gasteiger partial charge in [0.05, 0.1) is 16.1 Å². The van der Waals surface area contributed by atoms with Crippen LogP contribution in [0.4, 0.5) is 0 Å². The van der Waals surface area contributed by atoms with Crippen LogP contribution in [0.2, 0.25) is 0 Å². The van der Waals surface area contributed by atoms with Crippen LogP contribution in [0.5, 0.6) is 0 Å². The van der Waals surface area contributed by atoms with E-state index in [9.17, 15) is 9.59 Å². The fraction of sp³-hybridized carbons (Fsp3) is 0.579. The van der Waals surface area contributed by atoms with Gasteiger partial charge in [-0.3, -0.25) is 9.59 Å². The predicted molar refractivity (Wildman–Crippen MR) is 102 cm³/mol. The first kappa shape index (κ1) is 18.0. The van der Waals surface area contributed by atoms with E-state index >= 15 is 0 Å². The number of hydrogen-bond acceptors (Lipinski definition) is 3. The summed E-state index contributed by atoms with van der Waals surface area (Å²) in [7, 11) is 1.93. The van der Waals surface area contributed by atoms with Crippen molar-refractivity contribution in [3.05, 3.63) is 23.2 Å². The molecule has 1 unspecified atom stereocenters. The molecule has 1 aliphatic rings. The lowest BCUT2D eigenvalue weighted by molar-refractivity contribution is -0.126. The summed E-state index contributed by atoms with van der Waals surface area (Å²) in [5.41, 5.74) is 1.80. The normalized spacial score (nSPS) is 18.1. The van der Waals surface area contributed by atoms with Crippen LogP contribution in [-0.2, 0) is 11.8 Å². The van der Waals surface area contributed by atoms with Gasteiger partial charge in [0.1, 0.15) is 5.69 Å². The minimum absolute atomic E-state index is 0.0329. The van der Waals surface area contributed by atoms with Crippen molar-refractivity contribution < 1.29 is 9.59 Å². The van der Waals surface area contributed by atoms with Crippen LogP contribution in [0, 0.1) is 11.8 Å². The molecule has 0 saturated carbocycles. The number of nitrogens with zero attached hydrogens (tertiary/aromatic N) is 2. The van der Waals surface area contributed by atoms with Gasteiger partial charge in [-0.05, 0) is 42.7 Å². The van der Waals surface area contributed by atoms with Crippen LogP contribution in [-0.4, -0.2) is 40.9 Å². The van der Waals surface area contributed by atoms with Gasteiger partial charge in [0.25, 0.3) is 5.91 Å². The predicted octanol–water partition coefficient (Wildman–Crippen LogP) is 3.25. The summed E-state index contributed by atoms with van der Waals surface area (Å²) in [6, 6.07) is 4.01. The van der Waals surface area contributed by atoms with E-state index in [1.165, 1.54) is 0 Å². The maximum absolute atomic E-state index is 12.9. The van der Waals surface area contributed by atoms with E-state index in [2.05, 4.69) is 19.2 Å². The lowest BCUT2D eigenvalue weighted by Gasteiger charge is -2.32. The summed E-state index contributed by atoms with van der Waals surface area (Å²) >= 11 is 1.65. The number of amides is 2. The van der Waals surface area contributed by atoms with Gasteiger partial charge in [0.15, 0.2) is 0 Å². The fourth-order valence-corrected chi connectivity index (χ4v) is 4.27. The molecule has 0 aliphatic carbocycles. The Kier molecular flexibility index (Phi) is 5.47. The lowest BCUT2D eigenvalue weighted by atomic mass is 9.96. The highest BCUT2D eigenvalue weighted by molar-refractivity contribution is 7.17. The second kappa shape index (κ2) is 7.60. The smallest absolute Gasteiger partial charge is 0.270 e. The van der Waals surface area contributed by atoms with Crippen molar-refractivity contribution in [2.45, 2.75) is 33.1 Å². The third-order valence-electron chi connectivity index (χ3n) is 4.98. The third-order valence-corrected chi connectivity index (χ3v) is 5.84. The van der Waals surface area contributed by atoms with Crippen molar-refractivity contribution in [2.75, 3.05) is 19.6 Å². The molecule has 6 heteroatoms. The Morgan fingerprint density at radius 1 is 1.40 bits per heavy atom. The summed E-state index contributed by atoms with van der Waals surface area (Å²) in [6.45, 7) is 6.27. The molecule has 1 atom stereocenters. The minimum atomic E-state index is -0.0914. The Morgan fingerprint density at radius 3 is 2.92 bits per heavy atom. The first-order valence-corrected chi connectivity index (χ1v) is 9.95. The summed E-state index contributed by atoms with van der Waals surface area (Å²) < 4.78 is 3.09. The molecule has 2 aromatic heterocycles. The third kappa shape index (κ3) is 3.89. The Hall–Kier alpha value is -1.82. The molecule has 5 nitrogen and oxygen atoms in total. The monoisotopic (exact) mass is 361 g/mol. The zero-order valence-electron chi connectivity index (χ0n) is 15.2. The highest BCUT2D eigenvalue weighted by atomic mass is 32.1. The average Bonchev–Trinajstić information content (AvgIpc) is 3.17. The number of nitrogens with one attached hydrogen (secondary N) is 1. The number of fused-ring (bicyclic) bond motifs is 1. The minimum Gasteiger partial charge on any atom is -0.356 e. The number of aryl methyl sites for hydroxylation is 1. The van der Waals surface area contributed by atoms with E-state index in [1.807, 2.05) is 34.0 Å². The molecule has 25 heavy (non-hydrogen) atoms. The van der Waals surface area contributed by atoms with Crippen molar-refractivity contribution in [2.24, 2.45) is 18.9 Å². The van der Waals surface area contributed by atoms with E-state index in [4.69, 9.17) is 0 Å². The molecule has 3 heterocycles. The molecule has 2 amide bonds. The number of rotatable bonds is 5. The standard InChI is InChI=1S/C19H27N3O2S/c1-13(2)6-8-20-18(23)14-5-4-9-22(12-14)19(24)16-11-17-15(21(16)3)7-10-25-17/h7,10-11,13-14H,4-6,8-9,12H2,1-3H3,(H,20,23). The van der Waals surface area contributed by atoms with Crippen molar-refractivity contribution >= 4 is 33.4 Å². The molecule has 1 N–H and O–H groups in total. The van der Waals surface area contributed by atoms with Crippen LogP contribution < -0.4 is 5.32 Å². The first-order chi connectivity index (χ1) is 12.0. The van der Waals surface area contributed by atoms with Crippen LogP contribution in [0.15, 0.2) is 17.5 Å². The lowest BCUT2D eigenvalue weighted by Crippen LogP contribution is -2.46. The molecular weight excluding hydrogens is 334 g/mol. The van der Waals surface area contributed by atoms with Gasteiger partial charge >= 0.3 is 0 Å². The van der Waals surface area contributed by atoms with Gasteiger partial charge in [-0.2, -0.15) is 0 Å². The molecule has 2 aromatic rings. The number of likely N-dealkylation sites (tertiary alicyclic amines) is 1. The van der Waals surface area contributed by atoms with Crippen molar-refractivity contribution in [3.63, 3.8) is 0 Å². The molecule has 1 fully saturated rings. The zero-order chi connectivity index (χ0) is 18.0. The van der Waals surface area contributed by atoms with E-state index in [0.717, 1.165) is 42.6 Å². The molecule has 0 bridgehead atoms. The molecule has 0 radical (unpaired) electrons. The Morgan fingerprint density at radius 2 is 2.20 bits per heavy atom. The highest BCUT2D eigenvalue weighted by Crippen LogP contribution is 2.26. The summed E-state index contributed by atoms with van der Waals surface area (Å²) in [5, 5.41) is 5.07. The SMILES string of the molecule is CC(C)CCNC(=O)C1CCCN(C(=O)c2cc3sccc3n2C)C1. The summed E-state index contributed by atoms with van der Waals surface area (Å²) in [6.07, 6.45) is 2.73. The quantitative estimate of drug-likeness (QED) is 0.889. The molecule has 1 aliphatic heterocycles. The second-order valence-corrected chi connectivity index (χ2v) is 8.27. The first-order valence-electron chi connectivity index (χ1n) is 9.07. The van der Waals surface area contributed by atoms with Gasteiger partial charge in [-0.15, -0.1) is 11.3 Å². The Bertz CT molecular complexity index is 762. The molecule has 136 valence electrons. The van der Waals surface area contributed by atoms with Gasteiger partial charge in [0.2, 0.25) is 5.91 Å². The van der Waals surface area contributed by atoms with Crippen LogP contribution in [0.3, 0.4) is 0 Å². The largest absolute Gasteiger partial charge is 0.356 e. The van der Waals surface area contributed by atoms with E-state index in [1.54, 1.807) is 11.3 Å². The average molecular weight is 362 g/mol. The van der Waals surface area contributed by atoms with Gasteiger partial charge in [0, 0.05) is 26.7 Å². The highest BCUT2D eigenvalue weighted by Gasteiger charge is 2.30. The van der Waals surface area contributed by atoms with E-state index < -0.39 is 0 Å². The van der Waals surface area contributed by atoms with E-state index in [-0.39, 0.29) is 17.7 Å². The van der Waals surface area contributed by atoms with Gasteiger partial charge < -0.3 is 14.8 Å². The van der Waals surface area contributed by atoms with Crippen molar-refractivity contribution in [1.82, 2.24) is 14.8 Å². The van der Waals surface area contributed by atoms with Crippen molar-refractivity contribution in [1.29, 1.82) is 0 Å². The molecule has 1 saturated heterocycles. The maximum Gasteiger partial charge on any atom is 0.270 e.